The lowest BCUT2D eigenvalue weighted by Crippen LogP contribution is -2.22. The van der Waals surface area contributed by atoms with Gasteiger partial charge in [0.15, 0.2) is 0 Å². The maximum absolute atomic E-state index is 5.68. The molecule has 0 amide bonds. The first-order valence-electron chi connectivity index (χ1n) is 4.97. The van der Waals surface area contributed by atoms with Gasteiger partial charge in [-0.15, -0.1) is 5.10 Å². The molecule has 1 heterocycles. The zero-order valence-electron chi connectivity index (χ0n) is 8.67. The van der Waals surface area contributed by atoms with Crippen LogP contribution >= 0.6 is 0 Å². The van der Waals surface area contributed by atoms with Gasteiger partial charge >= 0.3 is 0 Å². The van der Waals surface area contributed by atoms with E-state index in [0.29, 0.717) is 6.54 Å². The summed E-state index contributed by atoms with van der Waals surface area (Å²) in [5.41, 5.74) is 7.65. The van der Waals surface area contributed by atoms with E-state index in [9.17, 15) is 0 Å². The highest BCUT2D eigenvalue weighted by molar-refractivity contribution is 5.57. The molecule has 1 aromatic carbocycles. The number of benzene rings is 1. The van der Waals surface area contributed by atoms with E-state index in [0.717, 1.165) is 11.3 Å². The Bertz CT molecular complexity index is 419. The van der Waals surface area contributed by atoms with Crippen molar-refractivity contribution in [2.24, 2.45) is 5.73 Å². The van der Waals surface area contributed by atoms with E-state index in [1.807, 2.05) is 43.5 Å². The van der Waals surface area contributed by atoms with Crippen molar-refractivity contribution in [3.8, 4) is 11.3 Å². The van der Waals surface area contributed by atoms with Gasteiger partial charge in [0.25, 0.3) is 0 Å². The Morgan fingerprint density at radius 2 is 2.07 bits per heavy atom. The van der Waals surface area contributed by atoms with E-state index in [-0.39, 0.29) is 6.04 Å². The minimum atomic E-state index is 0.0929. The summed E-state index contributed by atoms with van der Waals surface area (Å²) in [7, 11) is 0. The lowest BCUT2D eigenvalue weighted by molar-refractivity contribution is 0.523. The first kappa shape index (κ1) is 9.86. The Morgan fingerprint density at radius 3 is 2.73 bits per heavy atom. The molecule has 0 radical (unpaired) electrons. The molecule has 0 unspecified atom stereocenters. The molecule has 2 rings (SSSR count). The van der Waals surface area contributed by atoms with Crippen LogP contribution in [0.4, 0.5) is 0 Å². The standard InChI is InChI=1S/C11H14N4/c1-9(12)7-15-8-11(13-14-15)10-5-3-2-4-6-10/h2-6,8-9H,7,12H2,1H3/t9-/m0/s1. The van der Waals surface area contributed by atoms with Crippen molar-refractivity contribution in [1.82, 2.24) is 15.0 Å². The molecule has 15 heavy (non-hydrogen) atoms. The topological polar surface area (TPSA) is 56.7 Å². The zero-order valence-corrected chi connectivity index (χ0v) is 8.67. The second kappa shape index (κ2) is 4.23. The molecule has 0 aliphatic carbocycles. The van der Waals surface area contributed by atoms with Crippen LogP contribution in [0.5, 0.6) is 0 Å². The second-order valence-corrected chi connectivity index (χ2v) is 3.67. The van der Waals surface area contributed by atoms with Crippen molar-refractivity contribution in [1.29, 1.82) is 0 Å². The van der Waals surface area contributed by atoms with Crippen molar-refractivity contribution in [3.63, 3.8) is 0 Å². The number of nitrogens with zero attached hydrogens (tertiary/aromatic N) is 3. The third-order valence-corrected chi connectivity index (χ3v) is 2.08. The van der Waals surface area contributed by atoms with Gasteiger partial charge in [-0.2, -0.15) is 0 Å². The molecule has 4 nitrogen and oxygen atoms in total. The van der Waals surface area contributed by atoms with Crippen LogP contribution in [0.25, 0.3) is 11.3 Å². The summed E-state index contributed by atoms with van der Waals surface area (Å²) >= 11 is 0. The zero-order chi connectivity index (χ0) is 10.7. The van der Waals surface area contributed by atoms with Crippen LogP contribution in [0, 0.1) is 0 Å². The molecule has 0 aliphatic heterocycles. The van der Waals surface area contributed by atoms with Gasteiger partial charge in [0.1, 0.15) is 5.69 Å². The maximum atomic E-state index is 5.68. The minimum absolute atomic E-state index is 0.0929. The van der Waals surface area contributed by atoms with Crippen LogP contribution in [-0.4, -0.2) is 21.0 Å². The highest BCUT2D eigenvalue weighted by Gasteiger charge is 2.03. The average molecular weight is 202 g/mol. The Labute approximate surface area is 88.7 Å². The molecule has 0 saturated heterocycles. The third kappa shape index (κ3) is 2.41. The van der Waals surface area contributed by atoms with Gasteiger partial charge in [-0.3, -0.25) is 4.68 Å². The number of aromatic nitrogens is 3. The van der Waals surface area contributed by atoms with Crippen LogP contribution in [0.15, 0.2) is 36.5 Å². The van der Waals surface area contributed by atoms with Crippen LogP contribution in [0.1, 0.15) is 6.92 Å². The summed E-state index contributed by atoms with van der Waals surface area (Å²) in [5, 5.41) is 8.12. The van der Waals surface area contributed by atoms with E-state index in [1.165, 1.54) is 0 Å². The van der Waals surface area contributed by atoms with Crippen LogP contribution in [0.2, 0.25) is 0 Å². The van der Waals surface area contributed by atoms with Crippen LogP contribution in [-0.2, 0) is 6.54 Å². The van der Waals surface area contributed by atoms with E-state index >= 15 is 0 Å². The van der Waals surface area contributed by atoms with Crippen molar-refractivity contribution < 1.29 is 0 Å². The first-order valence-corrected chi connectivity index (χ1v) is 4.97. The van der Waals surface area contributed by atoms with Crippen LogP contribution < -0.4 is 5.73 Å². The minimum Gasteiger partial charge on any atom is -0.326 e. The molecule has 1 atom stereocenters. The Morgan fingerprint density at radius 1 is 1.33 bits per heavy atom. The number of hydrogen-bond acceptors (Lipinski definition) is 3. The largest absolute Gasteiger partial charge is 0.326 e. The molecule has 0 fully saturated rings. The lowest BCUT2D eigenvalue weighted by atomic mass is 10.2. The molecule has 1 aromatic heterocycles. The monoisotopic (exact) mass is 202 g/mol. The van der Waals surface area contributed by atoms with Crippen molar-refractivity contribution in [2.75, 3.05) is 0 Å². The van der Waals surface area contributed by atoms with Crippen molar-refractivity contribution >= 4 is 0 Å². The summed E-state index contributed by atoms with van der Waals surface area (Å²) in [4.78, 5) is 0. The number of hydrogen-bond donors (Lipinski definition) is 1. The first-order chi connectivity index (χ1) is 7.25. The number of nitrogens with two attached hydrogens (primary N) is 1. The van der Waals surface area contributed by atoms with Gasteiger partial charge in [-0.1, -0.05) is 35.5 Å². The molecular formula is C11H14N4. The van der Waals surface area contributed by atoms with Crippen LogP contribution in [0.3, 0.4) is 0 Å². The summed E-state index contributed by atoms with van der Waals surface area (Å²) in [5.74, 6) is 0. The van der Waals surface area contributed by atoms with Gasteiger partial charge in [-0.25, -0.2) is 0 Å². The fourth-order valence-electron chi connectivity index (χ4n) is 1.42. The third-order valence-electron chi connectivity index (χ3n) is 2.08. The second-order valence-electron chi connectivity index (χ2n) is 3.67. The highest BCUT2D eigenvalue weighted by Crippen LogP contribution is 2.14. The molecule has 2 N–H and O–H groups in total. The molecule has 0 spiro atoms. The smallest absolute Gasteiger partial charge is 0.113 e. The lowest BCUT2D eigenvalue weighted by Gasteiger charge is -2.02. The van der Waals surface area contributed by atoms with Gasteiger partial charge in [0.05, 0.1) is 12.7 Å². The Balaban J connectivity index is 2.21. The summed E-state index contributed by atoms with van der Waals surface area (Å²) < 4.78 is 1.77. The quantitative estimate of drug-likeness (QED) is 0.816. The van der Waals surface area contributed by atoms with E-state index in [1.54, 1.807) is 4.68 Å². The van der Waals surface area contributed by atoms with E-state index in [2.05, 4.69) is 10.3 Å². The maximum Gasteiger partial charge on any atom is 0.113 e. The molecule has 0 saturated carbocycles. The Kier molecular flexibility index (Phi) is 2.78. The normalized spacial score (nSPS) is 12.7. The molecule has 4 heteroatoms. The SMILES string of the molecule is C[C@H](N)Cn1cc(-c2ccccc2)nn1. The summed E-state index contributed by atoms with van der Waals surface area (Å²) in [6, 6.07) is 10.1. The van der Waals surface area contributed by atoms with Crippen molar-refractivity contribution in [2.45, 2.75) is 19.5 Å². The molecule has 0 aliphatic rings. The molecular weight excluding hydrogens is 188 g/mol. The van der Waals surface area contributed by atoms with E-state index in [4.69, 9.17) is 5.73 Å². The van der Waals surface area contributed by atoms with Gasteiger partial charge in [0.2, 0.25) is 0 Å². The summed E-state index contributed by atoms with van der Waals surface area (Å²) in [6.45, 7) is 2.64. The highest BCUT2D eigenvalue weighted by atomic mass is 15.4. The summed E-state index contributed by atoms with van der Waals surface area (Å²) in [6.07, 6.45) is 1.92. The Hall–Kier alpha value is -1.68. The molecule has 2 aromatic rings. The van der Waals surface area contributed by atoms with Gasteiger partial charge in [0, 0.05) is 11.6 Å². The molecule has 78 valence electrons. The van der Waals surface area contributed by atoms with Crippen molar-refractivity contribution in [3.05, 3.63) is 36.5 Å². The number of rotatable bonds is 3. The van der Waals surface area contributed by atoms with Gasteiger partial charge < -0.3 is 5.73 Å². The van der Waals surface area contributed by atoms with Gasteiger partial charge in [-0.05, 0) is 6.92 Å². The fraction of sp³-hybridized carbons (Fsp3) is 0.273. The fourth-order valence-corrected chi connectivity index (χ4v) is 1.42. The van der Waals surface area contributed by atoms with E-state index < -0.39 is 0 Å². The average Bonchev–Trinajstić information content (AvgIpc) is 2.67. The molecule has 0 bridgehead atoms. The predicted molar refractivity (Wildman–Crippen MR) is 59.1 cm³/mol. The predicted octanol–water partition coefficient (Wildman–Crippen LogP) is 1.29.